The number of esters is 1. The van der Waals surface area contributed by atoms with Crippen molar-refractivity contribution in [2.75, 3.05) is 19.9 Å². The van der Waals surface area contributed by atoms with Gasteiger partial charge in [0.1, 0.15) is 5.76 Å². The van der Waals surface area contributed by atoms with Gasteiger partial charge in [0.2, 0.25) is 5.91 Å². The minimum absolute atomic E-state index is 0.0681. The molecule has 0 radical (unpaired) electrons. The van der Waals surface area contributed by atoms with E-state index in [2.05, 4.69) is 4.98 Å². The molecule has 8 nitrogen and oxygen atoms in total. The van der Waals surface area contributed by atoms with Crippen molar-refractivity contribution in [3.63, 3.8) is 0 Å². The van der Waals surface area contributed by atoms with Gasteiger partial charge in [0.15, 0.2) is 5.16 Å². The van der Waals surface area contributed by atoms with Crippen molar-refractivity contribution in [2.45, 2.75) is 11.7 Å². The predicted octanol–water partition coefficient (Wildman–Crippen LogP) is 3.52. The zero-order chi connectivity index (χ0) is 23.4. The number of rotatable bonds is 7. The van der Waals surface area contributed by atoms with Gasteiger partial charge in [0, 0.05) is 7.05 Å². The Bertz CT molecular complexity index is 1350. The fraction of sp³-hybridized carbons (Fsp3) is 0.167. The molecule has 0 aliphatic rings. The van der Waals surface area contributed by atoms with Crippen molar-refractivity contribution >= 4 is 34.5 Å². The van der Waals surface area contributed by atoms with E-state index in [9.17, 15) is 14.4 Å². The number of ether oxygens (including phenoxy) is 1. The quantitative estimate of drug-likeness (QED) is 0.235. The first-order chi connectivity index (χ1) is 16.0. The largest absolute Gasteiger partial charge is 0.467 e. The summed E-state index contributed by atoms with van der Waals surface area (Å²) in [7, 11) is 2.98. The van der Waals surface area contributed by atoms with Crippen LogP contribution in [0.25, 0.3) is 16.6 Å². The first-order valence-electron chi connectivity index (χ1n) is 10.1. The summed E-state index contributed by atoms with van der Waals surface area (Å²) in [6, 6.07) is 17.3. The Balaban J connectivity index is 1.70. The summed E-state index contributed by atoms with van der Waals surface area (Å²) in [5, 5.41) is 0.706. The maximum Gasteiger partial charge on any atom is 0.337 e. The minimum Gasteiger partial charge on any atom is -0.467 e. The fourth-order valence-electron chi connectivity index (χ4n) is 3.27. The number of hydrogen-bond acceptors (Lipinski definition) is 7. The number of amides is 1. The zero-order valence-corrected chi connectivity index (χ0v) is 18.9. The summed E-state index contributed by atoms with van der Waals surface area (Å²) >= 11 is 1.15. The highest BCUT2D eigenvalue weighted by Crippen LogP contribution is 2.23. The first kappa shape index (κ1) is 22.3. The molecule has 0 aliphatic carbocycles. The summed E-state index contributed by atoms with van der Waals surface area (Å²) in [6.07, 6.45) is 1.56. The molecule has 9 heteroatoms. The van der Waals surface area contributed by atoms with Crippen molar-refractivity contribution in [3.8, 4) is 5.69 Å². The topological polar surface area (TPSA) is 94.6 Å². The van der Waals surface area contributed by atoms with Gasteiger partial charge in [0.05, 0.1) is 47.8 Å². The number of hydrogen-bond donors (Lipinski definition) is 0. The third-order valence-corrected chi connectivity index (χ3v) is 5.92. The number of aromatic nitrogens is 2. The first-order valence-corrected chi connectivity index (χ1v) is 11.1. The van der Waals surface area contributed by atoms with Crippen molar-refractivity contribution in [1.29, 1.82) is 0 Å². The lowest BCUT2D eigenvalue weighted by atomic mass is 10.1. The van der Waals surface area contributed by atoms with E-state index in [-0.39, 0.29) is 17.2 Å². The molecule has 0 unspecified atom stereocenters. The molecule has 1 amide bonds. The predicted molar refractivity (Wildman–Crippen MR) is 125 cm³/mol. The summed E-state index contributed by atoms with van der Waals surface area (Å²) in [6.45, 7) is 0.339. The summed E-state index contributed by atoms with van der Waals surface area (Å²) in [5.41, 5.74) is 0.989. The smallest absolute Gasteiger partial charge is 0.337 e. The molecule has 2 aromatic heterocycles. The van der Waals surface area contributed by atoms with Gasteiger partial charge in [-0.15, -0.1) is 0 Å². The number of fused-ring (bicyclic) bond motifs is 1. The lowest BCUT2D eigenvalue weighted by Crippen LogP contribution is -2.28. The maximum atomic E-state index is 13.4. The summed E-state index contributed by atoms with van der Waals surface area (Å²) < 4.78 is 11.6. The van der Waals surface area contributed by atoms with Crippen molar-refractivity contribution in [1.82, 2.24) is 14.5 Å². The fourth-order valence-corrected chi connectivity index (χ4v) is 4.23. The van der Waals surface area contributed by atoms with E-state index in [1.54, 1.807) is 48.5 Å². The van der Waals surface area contributed by atoms with Crippen LogP contribution >= 0.6 is 11.8 Å². The SMILES string of the molecule is COC(=O)c1ccc2c(=O)n(-c3ccccc3)c(SCC(=O)N(C)Cc3ccco3)nc2c1. The second kappa shape index (κ2) is 9.74. The molecule has 4 rings (SSSR count). The molecule has 0 N–H and O–H groups in total. The lowest BCUT2D eigenvalue weighted by Gasteiger charge is -2.17. The van der Waals surface area contributed by atoms with E-state index in [0.717, 1.165) is 11.8 Å². The standard InChI is InChI=1S/C24H21N3O5S/c1-26(14-18-9-6-12-32-18)21(28)15-33-24-25-20-13-16(23(30)31-2)10-11-19(20)22(29)27(24)17-7-4-3-5-8-17/h3-13H,14-15H2,1-2H3. The summed E-state index contributed by atoms with van der Waals surface area (Å²) in [5.74, 6) is 0.0818. The molecule has 0 aliphatic heterocycles. The second-order valence-corrected chi connectivity index (χ2v) is 8.15. The number of para-hydroxylation sites is 1. The van der Waals surface area contributed by atoms with E-state index in [1.807, 2.05) is 18.2 Å². The zero-order valence-electron chi connectivity index (χ0n) is 18.1. The molecule has 4 aromatic rings. The van der Waals surface area contributed by atoms with Crippen LogP contribution in [0.15, 0.2) is 81.3 Å². The molecular weight excluding hydrogens is 442 g/mol. The Morgan fingerprint density at radius 2 is 1.91 bits per heavy atom. The average molecular weight is 464 g/mol. The number of carbonyl (C=O) groups excluding carboxylic acids is 2. The Kier molecular flexibility index (Phi) is 6.60. The van der Waals surface area contributed by atoms with Crippen molar-refractivity contribution in [3.05, 3.63) is 88.6 Å². The van der Waals surface area contributed by atoms with Gasteiger partial charge in [-0.1, -0.05) is 30.0 Å². The van der Waals surface area contributed by atoms with Crippen LogP contribution in [-0.2, 0) is 16.1 Å². The van der Waals surface area contributed by atoms with Gasteiger partial charge in [-0.25, -0.2) is 9.78 Å². The van der Waals surface area contributed by atoms with Gasteiger partial charge in [-0.3, -0.25) is 14.2 Å². The molecular formula is C24H21N3O5S. The van der Waals surface area contributed by atoms with E-state index in [4.69, 9.17) is 9.15 Å². The highest BCUT2D eigenvalue weighted by molar-refractivity contribution is 7.99. The van der Waals surface area contributed by atoms with Crippen molar-refractivity contribution in [2.24, 2.45) is 0 Å². The molecule has 2 aromatic carbocycles. The number of carbonyl (C=O) groups is 2. The average Bonchev–Trinajstić information content (AvgIpc) is 3.35. The molecule has 0 saturated heterocycles. The van der Waals surface area contributed by atoms with Crippen molar-refractivity contribution < 1.29 is 18.7 Å². The van der Waals surface area contributed by atoms with E-state index < -0.39 is 5.97 Å². The Hall–Kier alpha value is -3.85. The van der Waals surface area contributed by atoms with Gasteiger partial charge in [0.25, 0.3) is 5.56 Å². The van der Waals surface area contributed by atoms with Crippen LogP contribution in [0.3, 0.4) is 0 Å². The molecule has 0 bridgehead atoms. The summed E-state index contributed by atoms with van der Waals surface area (Å²) in [4.78, 5) is 44.2. The van der Waals surface area contributed by atoms with E-state index in [0.29, 0.717) is 39.6 Å². The van der Waals surface area contributed by atoms with Crippen LogP contribution < -0.4 is 5.56 Å². The Morgan fingerprint density at radius 1 is 1.12 bits per heavy atom. The number of methoxy groups -OCH3 is 1. The van der Waals surface area contributed by atoms with Gasteiger partial charge < -0.3 is 14.1 Å². The highest BCUT2D eigenvalue weighted by atomic mass is 32.2. The number of nitrogens with zero attached hydrogens (tertiary/aromatic N) is 3. The molecule has 0 saturated carbocycles. The van der Waals surface area contributed by atoms with Crippen LogP contribution in [0.2, 0.25) is 0 Å². The van der Waals surface area contributed by atoms with Gasteiger partial charge >= 0.3 is 5.97 Å². The van der Waals surface area contributed by atoms with Crippen LogP contribution in [0.1, 0.15) is 16.1 Å². The van der Waals surface area contributed by atoms with Crippen LogP contribution in [-0.4, -0.2) is 46.2 Å². The number of furan rings is 1. The second-order valence-electron chi connectivity index (χ2n) is 7.21. The third-order valence-electron chi connectivity index (χ3n) is 5.00. The monoisotopic (exact) mass is 463 g/mol. The van der Waals surface area contributed by atoms with Crippen LogP contribution in [0.5, 0.6) is 0 Å². The van der Waals surface area contributed by atoms with E-state index in [1.165, 1.54) is 23.8 Å². The van der Waals surface area contributed by atoms with Gasteiger partial charge in [-0.2, -0.15) is 0 Å². The van der Waals surface area contributed by atoms with Crippen LogP contribution in [0, 0.1) is 0 Å². The maximum absolute atomic E-state index is 13.4. The molecule has 2 heterocycles. The Labute approximate surface area is 193 Å². The van der Waals surface area contributed by atoms with Crippen LogP contribution in [0.4, 0.5) is 0 Å². The lowest BCUT2D eigenvalue weighted by molar-refractivity contribution is -0.127. The molecule has 0 fully saturated rings. The normalized spacial score (nSPS) is 10.8. The minimum atomic E-state index is -0.519. The molecule has 0 spiro atoms. The number of thioether (sulfide) groups is 1. The highest BCUT2D eigenvalue weighted by Gasteiger charge is 2.18. The third kappa shape index (κ3) is 4.83. The molecule has 168 valence electrons. The number of benzene rings is 2. The Morgan fingerprint density at radius 3 is 2.61 bits per heavy atom. The molecule has 33 heavy (non-hydrogen) atoms. The van der Waals surface area contributed by atoms with E-state index >= 15 is 0 Å². The van der Waals surface area contributed by atoms with Gasteiger partial charge in [-0.05, 0) is 42.5 Å². The molecule has 0 atom stereocenters.